The first-order valence-corrected chi connectivity index (χ1v) is 8.07. The molecule has 2 rings (SSSR count). The summed E-state index contributed by atoms with van der Waals surface area (Å²) in [6, 6.07) is 8.67. The molecule has 0 aliphatic rings. The molecule has 0 aliphatic heterocycles. The lowest BCUT2D eigenvalue weighted by Crippen LogP contribution is -2.18. The van der Waals surface area contributed by atoms with E-state index in [0.29, 0.717) is 5.92 Å². The van der Waals surface area contributed by atoms with Crippen molar-refractivity contribution in [2.45, 2.75) is 40.3 Å². The summed E-state index contributed by atoms with van der Waals surface area (Å²) in [6.45, 7) is 11.2. The predicted octanol–water partition coefficient (Wildman–Crippen LogP) is 3.81. The van der Waals surface area contributed by atoms with Crippen LogP contribution in [0.4, 0.5) is 0 Å². The van der Waals surface area contributed by atoms with E-state index < -0.39 is 0 Å². The van der Waals surface area contributed by atoms with Crippen LogP contribution >= 0.6 is 0 Å². The predicted molar refractivity (Wildman–Crippen MR) is 89.6 cm³/mol. The normalized spacial score (nSPS) is 11.6. The Morgan fingerprint density at radius 2 is 2.05 bits per heavy atom. The van der Waals surface area contributed by atoms with E-state index in [9.17, 15) is 0 Å². The Hall–Kier alpha value is -1.32. The molecule has 0 saturated carbocycles. The van der Waals surface area contributed by atoms with Crippen molar-refractivity contribution in [1.29, 1.82) is 0 Å². The number of nitrogens with zero attached hydrogens (tertiary/aromatic N) is 1. The summed E-state index contributed by atoms with van der Waals surface area (Å²) < 4.78 is 7.80. The highest BCUT2D eigenvalue weighted by molar-refractivity contribution is 5.83. The average Bonchev–Trinajstić information content (AvgIpc) is 2.82. The van der Waals surface area contributed by atoms with Gasteiger partial charge in [-0.3, -0.25) is 0 Å². The van der Waals surface area contributed by atoms with Crippen LogP contribution in [0.5, 0.6) is 0 Å². The van der Waals surface area contributed by atoms with Gasteiger partial charge in [0.2, 0.25) is 0 Å². The first kappa shape index (κ1) is 16.1. The summed E-state index contributed by atoms with van der Waals surface area (Å²) in [4.78, 5) is 0. The van der Waals surface area contributed by atoms with Crippen molar-refractivity contribution in [2.75, 3.05) is 19.8 Å². The van der Waals surface area contributed by atoms with Gasteiger partial charge in [0.05, 0.1) is 0 Å². The van der Waals surface area contributed by atoms with Gasteiger partial charge in [0.1, 0.15) is 0 Å². The maximum atomic E-state index is 5.44. The van der Waals surface area contributed by atoms with Crippen molar-refractivity contribution in [2.24, 2.45) is 5.92 Å². The van der Waals surface area contributed by atoms with E-state index in [1.54, 1.807) is 0 Å². The van der Waals surface area contributed by atoms with E-state index >= 15 is 0 Å². The molecule has 3 nitrogen and oxygen atoms in total. The molecule has 3 heteroatoms. The smallest absolute Gasteiger partial charge is 0.0483 e. The number of ether oxygens (including phenoxy) is 1. The summed E-state index contributed by atoms with van der Waals surface area (Å²) in [7, 11) is 0. The van der Waals surface area contributed by atoms with Gasteiger partial charge < -0.3 is 14.6 Å². The first-order chi connectivity index (χ1) is 10.2. The molecule has 1 N–H and O–H groups in total. The van der Waals surface area contributed by atoms with Gasteiger partial charge in [0, 0.05) is 43.4 Å². The zero-order valence-corrected chi connectivity index (χ0v) is 13.6. The molecular weight excluding hydrogens is 260 g/mol. The van der Waals surface area contributed by atoms with Gasteiger partial charge >= 0.3 is 0 Å². The summed E-state index contributed by atoms with van der Waals surface area (Å²) in [5, 5.41) is 4.91. The monoisotopic (exact) mass is 288 g/mol. The van der Waals surface area contributed by atoms with Crippen molar-refractivity contribution in [3.63, 3.8) is 0 Å². The molecule has 0 unspecified atom stereocenters. The molecule has 21 heavy (non-hydrogen) atoms. The van der Waals surface area contributed by atoms with Crippen LogP contribution in [0.15, 0.2) is 30.5 Å². The number of rotatable bonds is 9. The topological polar surface area (TPSA) is 26.2 Å². The number of fused-ring (bicyclic) bond motifs is 1. The number of hydrogen-bond donors (Lipinski definition) is 1. The van der Waals surface area contributed by atoms with Gasteiger partial charge in [-0.05, 0) is 37.4 Å². The Labute approximate surface area is 128 Å². The number of benzene rings is 1. The van der Waals surface area contributed by atoms with Crippen molar-refractivity contribution in [1.82, 2.24) is 9.88 Å². The summed E-state index contributed by atoms with van der Waals surface area (Å²) in [5.74, 6) is 0.685. The number of nitrogens with one attached hydrogen (secondary N) is 1. The van der Waals surface area contributed by atoms with Crippen molar-refractivity contribution in [3.05, 3.63) is 36.0 Å². The number of aryl methyl sites for hydroxylation is 1. The highest BCUT2D eigenvalue weighted by Crippen LogP contribution is 2.21. The lowest BCUT2D eigenvalue weighted by atomic mass is 10.1. The van der Waals surface area contributed by atoms with Gasteiger partial charge in [-0.25, -0.2) is 0 Å². The van der Waals surface area contributed by atoms with Crippen molar-refractivity contribution >= 4 is 10.9 Å². The highest BCUT2D eigenvalue weighted by atomic mass is 16.5. The Bertz CT molecular complexity index is 545. The van der Waals surface area contributed by atoms with Crippen LogP contribution in [0.1, 0.15) is 32.8 Å². The van der Waals surface area contributed by atoms with E-state index in [1.165, 1.54) is 16.5 Å². The molecule has 1 aromatic heterocycles. The molecule has 1 aromatic carbocycles. The third-order valence-corrected chi connectivity index (χ3v) is 3.63. The quantitative estimate of drug-likeness (QED) is 0.710. The van der Waals surface area contributed by atoms with E-state index in [4.69, 9.17) is 4.74 Å². The fraction of sp³-hybridized carbons (Fsp3) is 0.556. The molecule has 0 atom stereocenters. The molecule has 0 bridgehead atoms. The Balaban J connectivity index is 2.06. The summed E-state index contributed by atoms with van der Waals surface area (Å²) >= 11 is 0. The van der Waals surface area contributed by atoms with Gasteiger partial charge in [0.15, 0.2) is 0 Å². The summed E-state index contributed by atoms with van der Waals surface area (Å²) in [5.41, 5.74) is 2.72. The minimum absolute atomic E-state index is 0.685. The largest absolute Gasteiger partial charge is 0.382 e. The zero-order chi connectivity index (χ0) is 15.1. The van der Waals surface area contributed by atoms with Crippen LogP contribution in [-0.4, -0.2) is 24.3 Å². The Morgan fingerprint density at radius 1 is 1.24 bits per heavy atom. The Kier molecular flexibility index (Phi) is 6.27. The average molecular weight is 288 g/mol. The molecule has 0 saturated heterocycles. The van der Waals surface area contributed by atoms with Gasteiger partial charge in [0.25, 0.3) is 0 Å². The third-order valence-electron chi connectivity index (χ3n) is 3.63. The number of para-hydroxylation sites is 1. The molecule has 1 heterocycles. The molecule has 0 aliphatic carbocycles. The Morgan fingerprint density at radius 3 is 2.81 bits per heavy atom. The van der Waals surface area contributed by atoms with Crippen LogP contribution in [-0.2, 0) is 17.8 Å². The molecular formula is C18H28N2O. The lowest BCUT2D eigenvalue weighted by Gasteiger charge is -2.06. The van der Waals surface area contributed by atoms with E-state index in [0.717, 1.165) is 39.3 Å². The second-order valence-corrected chi connectivity index (χ2v) is 5.94. The minimum Gasteiger partial charge on any atom is -0.382 e. The van der Waals surface area contributed by atoms with Crippen LogP contribution in [0.3, 0.4) is 0 Å². The highest BCUT2D eigenvalue weighted by Gasteiger charge is 2.07. The molecule has 116 valence electrons. The van der Waals surface area contributed by atoms with Gasteiger partial charge in [-0.1, -0.05) is 32.0 Å². The lowest BCUT2D eigenvalue weighted by molar-refractivity contribution is 0.142. The van der Waals surface area contributed by atoms with Crippen LogP contribution in [0, 0.1) is 5.92 Å². The van der Waals surface area contributed by atoms with Gasteiger partial charge in [-0.15, -0.1) is 0 Å². The molecule has 2 aromatic rings. The second kappa shape index (κ2) is 8.20. The van der Waals surface area contributed by atoms with Gasteiger partial charge in [-0.2, -0.15) is 0 Å². The van der Waals surface area contributed by atoms with Crippen molar-refractivity contribution < 1.29 is 4.74 Å². The molecule has 0 radical (unpaired) electrons. The zero-order valence-electron chi connectivity index (χ0n) is 13.6. The number of aromatic nitrogens is 1. The van der Waals surface area contributed by atoms with Crippen molar-refractivity contribution in [3.8, 4) is 0 Å². The van der Waals surface area contributed by atoms with E-state index in [2.05, 4.69) is 54.2 Å². The maximum absolute atomic E-state index is 5.44. The fourth-order valence-electron chi connectivity index (χ4n) is 2.63. The minimum atomic E-state index is 0.685. The second-order valence-electron chi connectivity index (χ2n) is 5.94. The maximum Gasteiger partial charge on any atom is 0.0483 e. The van der Waals surface area contributed by atoms with Crippen LogP contribution < -0.4 is 5.32 Å². The van der Waals surface area contributed by atoms with Crippen LogP contribution in [0.2, 0.25) is 0 Å². The molecule has 0 fully saturated rings. The third kappa shape index (κ3) is 4.58. The first-order valence-electron chi connectivity index (χ1n) is 8.07. The van der Waals surface area contributed by atoms with E-state index in [1.807, 2.05) is 6.92 Å². The summed E-state index contributed by atoms with van der Waals surface area (Å²) in [6.07, 6.45) is 3.36. The van der Waals surface area contributed by atoms with E-state index in [-0.39, 0.29) is 0 Å². The standard InChI is InChI=1S/C18H28N2O/c1-4-21-11-7-10-20-14-16(13-19-12-15(2)3)17-8-5-6-9-18(17)20/h5-6,8-9,14-15,19H,4,7,10-13H2,1-3H3. The SMILES string of the molecule is CCOCCCn1cc(CNCC(C)C)c2ccccc21. The molecule has 0 spiro atoms. The van der Waals surface area contributed by atoms with Crippen LogP contribution in [0.25, 0.3) is 10.9 Å². The molecule has 0 amide bonds. The fourth-order valence-corrected chi connectivity index (χ4v) is 2.63. The number of hydrogen-bond acceptors (Lipinski definition) is 2.